The van der Waals surface area contributed by atoms with Crippen LogP contribution in [0.4, 0.5) is 11.5 Å². The van der Waals surface area contributed by atoms with Gasteiger partial charge in [0.1, 0.15) is 12.4 Å². The summed E-state index contributed by atoms with van der Waals surface area (Å²) in [5, 5.41) is 16.1. The Bertz CT molecular complexity index is 1730. The van der Waals surface area contributed by atoms with Gasteiger partial charge in [-0.1, -0.05) is 42.4 Å². The Morgan fingerprint density at radius 2 is 2.00 bits per heavy atom. The first kappa shape index (κ1) is 29.5. The van der Waals surface area contributed by atoms with Crippen LogP contribution in [0.2, 0.25) is 5.02 Å². The molecule has 8 rings (SSSR count). The number of fused-ring (bicyclic) bond motifs is 4. The zero-order valence-electron chi connectivity index (χ0n) is 26.0. The number of hydrogen-bond donors (Lipinski definition) is 1. The maximum absolute atomic E-state index is 12.6. The van der Waals surface area contributed by atoms with Crippen molar-refractivity contribution in [2.24, 2.45) is 0 Å². The van der Waals surface area contributed by atoms with Gasteiger partial charge in [-0.15, -0.1) is 0 Å². The number of nitrogens with zero attached hydrogens (tertiary/aromatic N) is 7. The number of nitriles is 1. The minimum Gasteiger partial charge on any atom is -0.461 e. The van der Waals surface area contributed by atoms with Gasteiger partial charge in [0.25, 0.3) is 0 Å². The Morgan fingerprint density at radius 3 is 2.74 bits per heavy atom. The molecule has 10 nitrogen and oxygen atoms in total. The molecule has 1 aromatic heterocycles. The van der Waals surface area contributed by atoms with Gasteiger partial charge in [-0.05, 0) is 49.3 Å². The molecule has 2 unspecified atom stereocenters. The molecule has 3 atom stereocenters. The van der Waals surface area contributed by atoms with Crippen molar-refractivity contribution < 1.29 is 9.53 Å². The third-order valence-corrected chi connectivity index (χ3v) is 11.0. The lowest BCUT2D eigenvalue weighted by atomic mass is 10.0. The number of aromatic nitrogens is 2. The maximum Gasteiger partial charge on any atom is 0.318 e. The second-order valence-electron chi connectivity index (χ2n) is 13.4. The van der Waals surface area contributed by atoms with E-state index in [1.54, 1.807) is 4.90 Å². The van der Waals surface area contributed by atoms with Crippen LogP contribution in [0.5, 0.6) is 6.01 Å². The number of hydrogen-bond acceptors (Lipinski definition) is 9. The highest BCUT2D eigenvalue weighted by molar-refractivity contribution is 6.36. The van der Waals surface area contributed by atoms with Crippen molar-refractivity contribution in [1.82, 2.24) is 25.1 Å². The van der Waals surface area contributed by atoms with E-state index in [2.05, 4.69) is 56.9 Å². The van der Waals surface area contributed by atoms with Crippen molar-refractivity contribution in [2.45, 2.75) is 62.3 Å². The van der Waals surface area contributed by atoms with Crippen LogP contribution in [0.25, 0.3) is 10.8 Å². The third-order valence-electron chi connectivity index (χ3n) is 10.7. The average molecular weight is 639 g/mol. The van der Waals surface area contributed by atoms with Crippen molar-refractivity contribution >= 4 is 39.8 Å². The Kier molecular flexibility index (Phi) is 7.51. The number of carbonyl (C=O) groups is 1. The predicted octanol–water partition coefficient (Wildman–Crippen LogP) is 3.92. The highest BCUT2D eigenvalue weighted by Gasteiger charge is 2.55. The van der Waals surface area contributed by atoms with Crippen molar-refractivity contribution in [2.75, 3.05) is 55.7 Å². The monoisotopic (exact) mass is 638 g/mol. The molecule has 46 heavy (non-hydrogen) atoms. The summed E-state index contributed by atoms with van der Waals surface area (Å²) in [5.74, 6) is 0.720. The molecule has 11 heteroatoms. The molecule has 2 aromatic carbocycles. The number of benzene rings is 2. The summed E-state index contributed by atoms with van der Waals surface area (Å²) >= 11 is 6.74. The molecule has 0 spiro atoms. The number of likely N-dealkylation sites (tertiary alicyclic amines) is 1. The molecule has 1 N–H and O–H groups in total. The second kappa shape index (κ2) is 11.7. The molecule has 2 bridgehead atoms. The van der Waals surface area contributed by atoms with E-state index in [0.29, 0.717) is 50.9 Å². The molecule has 5 heterocycles. The van der Waals surface area contributed by atoms with Gasteiger partial charge in [-0.2, -0.15) is 15.2 Å². The van der Waals surface area contributed by atoms with Gasteiger partial charge in [0.2, 0.25) is 5.91 Å². The van der Waals surface area contributed by atoms with E-state index in [-0.39, 0.29) is 23.9 Å². The van der Waals surface area contributed by atoms with E-state index in [4.69, 9.17) is 26.3 Å². The van der Waals surface area contributed by atoms with Crippen LogP contribution in [0.15, 0.2) is 49.1 Å². The zero-order valence-corrected chi connectivity index (χ0v) is 26.8. The molecule has 3 aromatic rings. The Labute approximate surface area is 274 Å². The number of ether oxygens (including phenoxy) is 1. The van der Waals surface area contributed by atoms with Crippen LogP contribution < -0.4 is 19.9 Å². The fraction of sp³-hybridized carbons (Fsp3) is 0.486. The number of anilines is 2. The maximum atomic E-state index is 12.6. The number of rotatable bonds is 8. The summed E-state index contributed by atoms with van der Waals surface area (Å²) in [6.07, 6.45) is 5.84. The summed E-state index contributed by atoms with van der Waals surface area (Å²) in [7, 11) is 0. The summed E-state index contributed by atoms with van der Waals surface area (Å²) in [5.41, 5.74) is 3.22. The Balaban J connectivity index is 1.12. The van der Waals surface area contributed by atoms with Crippen LogP contribution in [0.1, 0.15) is 36.9 Å². The van der Waals surface area contributed by atoms with E-state index >= 15 is 0 Å². The van der Waals surface area contributed by atoms with E-state index < -0.39 is 0 Å². The van der Waals surface area contributed by atoms with Crippen LogP contribution in [-0.2, 0) is 17.8 Å². The Morgan fingerprint density at radius 1 is 1.15 bits per heavy atom. The topological polar surface area (TPSA) is 101 Å². The lowest BCUT2D eigenvalue weighted by Crippen LogP contribution is -2.55. The van der Waals surface area contributed by atoms with Crippen molar-refractivity contribution in [3.8, 4) is 12.1 Å². The molecule has 4 fully saturated rings. The third kappa shape index (κ3) is 5.15. The summed E-state index contributed by atoms with van der Waals surface area (Å²) in [6, 6.07) is 16.0. The van der Waals surface area contributed by atoms with E-state index in [1.165, 1.54) is 12.5 Å². The quantitative estimate of drug-likeness (QED) is 0.368. The fourth-order valence-corrected chi connectivity index (χ4v) is 8.47. The highest BCUT2D eigenvalue weighted by Crippen LogP contribution is 2.47. The normalized spacial score (nSPS) is 25.0. The average Bonchev–Trinajstić information content (AvgIpc) is 3.56. The SMILES string of the molecule is C=CC(=O)N1CCN(c2nc(OCC3(N4CC5CC4CN5)CC3)nc3c2CCN(c2cccc4cccc(Cl)c24)C3)C[C@@H]1CC#N. The van der Waals surface area contributed by atoms with Gasteiger partial charge in [0.15, 0.2) is 0 Å². The lowest BCUT2D eigenvalue weighted by Gasteiger charge is -2.42. The van der Waals surface area contributed by atoms with Crippen LogP contribution in [-0.4, -0.2) is 95.2 Å². The molecule has 1 amide bonds. The molecule has 1 saturated carbocycles. The van der Waals surface area contributed by atoms with Crippen LogP contribution in [0, 0.1) is 11.3 Å². The molecule has 5 aliphatic rings. The summed E-state index contributed by atoms with van der Waals surface area (Å²) < 4.78 is 6.55. The highest BCUT2D eigenvalue weighted by atomic mass is 35.5. The minimum absolute atomic E-state index is 0.0707. The molecular formula is C35H39ClN8O2. The first-order chi connectivity index (χ1) is 22.5. The largest absolute Gasteiger partial charge is 0.461 e. The number of halogens is 1. The first-order valence-electron chi connectivity index (χ1n) is 16.5. The van der Waals surface area contributed by atoms with Crippen molar-refractivity contribution in [1.29, 1.82) is 5.26 Å². The molecule has 1 aliphatic carbocycles. The van der Waals surface area contributed by atoms with Crippen molar-refractivity contribution in [3.63, 3.8) is 0 Å². The van der Waals surface area contributed by atoms with Gasteiger partial charge in [0, 0.05) is 68.0 Å². The van der Waals surface area contributed by atoms with Crippen LogP contribution in [0.3, 0.4) is 0 Å². The standard InChI is InChI=1S/C35H39ClN8O2/c1-2-31(45)43-16-15-42(20-25(43)9-13-37)33-27-10-14-41(30-8-4-6-23-5-3-7-28(36)32(23)30)21-29(27)39-34(40-33)46-22-35(11-12-35)44-19-24-17-26(44)18-38-24/h2-8,24-26,38H,1,9-12,14-22H2/t24?,25-,26?/m0/s1. The summed E-state index contributed by atoms with van der Waals surface area (Å²) in [6.45, 7) is 9.43. The van der Waals surface area contributed by atoms with E-state index in [1.807, 2.05) is 12.1 Å². The van der Waals surface area contributed by atoms with Gasteiger partial charge >= 0.3 is 6.01 Å². The number of amides is 1. The minimum atomic E-state index is -0.244. The second-order valence-corrected chi connectivity index (χ2v) is 13.8. The molecule has 0 radical (unpaired) electrons. The first-order valence-corrected chi connectivity index (χ1v) is 16.8. The van der Waals surface area contributed by atoms with Gasteiger partial charge < -0.3 is 24.8 Å². The van der Waals surface area contributed by atoms with Gasteiger partial charge in [0.05, 0.1) is 41.3 Å². The molecule has 3 saturated heterocycles. The van der Waals surface area contributed by atoms with Gasteiger partial charge in [-0.3, -0.25) is 9.69 Å². The number of nitrogens with one attached hydrogen (secondary N) is 1. The Hall–Kier alpha value is -3.91. The van der Waals surface area contributed by atoms with E-state index in [9.17, 15) is 10.1 Å². The smallest absolute Gasteiger partial charge is 0.318 e. The van der Waals surface area contributed by atoms with Gasteiger partial charge in [-0.25, -0.2) is 0 Å². The zero-order chi connectivity index (χ0) is 31.4. The number of carbonyl (C=O) groups excluding carboxylic acids is 1. The number of piperazine rings is 2. The summed E-state index contributed by atoms with van der Waals surface area (Å²) in [4.78, 5) is 31.8. The van der Waals surface area contributed by atoms with E-state index in [0.717, 1.165) is 77.5 Å². The van der Waals surface area contributed by atoms with Crippen LogP contribution >= 0.6 is 11.6 Å². The lowest BCUT2D eigenvalue weighted by molar-refractivity contribution is -0.128. The van der Waals surface area contributed by atoms with Crippen molar-refractivity contribution in [3.05, 3.63) is 65.3 Å². The predicted molar refractivity (Wildman–Crippen MR) is 178 cm³/mol. The molecule has 238 valence electrons. The molecular weight excluding hydrogens is 600 g/mol. The molecule has 4 aliphatic heterocycles. The fourth-order valence-electron chi connectivity index (χ4n) is 8.19.